The summed E-state index contributed by atoms with van der Waals surface area (Å²) in [6, 6.07) is 8.61. The lowest BCUT2D eigenvalue weighted by atomic mass is 10.1. The molecule has 0 saturated heterocycles. The maximum Gasteiger partial charge on any atom is 0.538 e. The van der Waals surface area contributed by atoms with Crippen LogP contribution in [-0.4, -0.2) is 19.3 Å². The molecular formula is C11H15ClMg. The monoisotopic (exact) mass is 206 g/mol. The molecule has 2 heteroatoms. The molecule has 0 fully saturated rings. The molecule has 0 radical (unpaired) electrons. The van der Waals surface area contributed by atoms with Crippen molar-refractivity contribution in [2.45, 2.75) is 32.6 Å². The maximum absolute atomic E-state index is 5.98. The maximum atomic E-state index is 5.98. The fraction of sp³-hybridized carbons (Fsp3) is 0.455. The standard InChI is InChI=1S/C11H15.ClH.Mg/c1-2-3-5-8-11-9-6-4-7-10-11;;/h4,6-7,9H,2-3,5,8H2,1H3;1H;/q;;+1/p-1. The highest BCUT2D eigenvalue weighted by Gasteiger charge is 2.01. The molecule has 0 heterocycles. The van der Waals surface area contributed by atoms with E-state index in [4.69, 9.17) is 9.07 Å². The van der Waals surface area contributed by atoms with Crippen molar-refractivity contribution in [1.29, 1.82) is 0 Å². The molecule has 0 N–H and O–H groups in total. The van der Waals surface area contributed by atoms with Gasteiger partial charge in [0, 0.05) is 0 Å². The van der Waals surface area contributed by atoms with Gasteiger partial charge >= 0.3 is 19.3 Å². The van der Waals surface area contributed by atoms with E-state index in [0.717, 1.165) is 0 Å². The third-order valence-electron chi connectivity index (χ3n) is 2.31. The van der Waals surface area contributed by atoms with E-state index in [2.05, 4.69) is 31.2 Å². The molecule has 1 aromatic carbocycles. The second-order valence-electron chi connectivity index (χ2n) is 3.36. The van der Waals surface area contributed by atoms with Gasteiger partial charge in [0.05, 0.1) is 0 Å². The molecule has 0 spiro atoms. The molecular weight excluding hydrogens is 192 g/mol. The number of halogens is 1. The fourth-order valence-electron chi connectivity index (χ4n) is 1.50. The van der Waals surface area contributed by atoms with Crippen molar-refractivity contribution in [3.8, 4) is 0 Å². The fourth-order valence-corrected chi connectivity index (χ4v) is 2.97. The quantitative estimate of drug-likeness (QED) is 0.514. The van der Waals surface area contributed by atoms with Gasteiger partial charge in [-0.25, -0.2) is 0 Å². The molecule has 0 saturated carbocycles. The Morgan fingerprint density at radius 1 is 1.23 bits per heavy atom. The Morgan fingerprint density at radius 2 is 2.00 bits per heavy atom. The van der Waals surface area contributed by atoms with Crippen LogP contribution in [0, 0.1) is 0 Å². The SMILES string of the molecule is CCCCCc1cccc[c]1[Mg][Cl]. The highest BCUT2D eigenvalue weighted by molar-refractivity contribution is 7.01. The van der Waals surface area contributed by atoms with Crippen molar-refractivity contribution in [2.75, 3.05) is 0 Å². The van der Waals surface area contributed by atoms with Gasteiger partial charge in [-0.15, -0.1) is 3.69 Å². The minimum atomic E-state index is -0.500. The number of benzene rings is 1. The van der Waals surface area contributed by atoms with Crippen molar-refractivity contribution >= 4 is 32.0 Å². The molecule has 0 aliphatic heterocycles. The zero-order chi connectivity index (χ0) is 9.52. The predicted octanol–water partition coefficient (Wildman–Crippen LogP) is 2.90. The van der Waals surface area contributed by atoms with E-state index in [1.54, 1.807) is 0 Å². The van der Waals surface area contributed by atoms with Gasteiger partial charge < -0.3 is 9.07 Å². The van der Waals surface area contributed by atoms with E-state index in [1.807, 2.05) is 0 Å². The third kappa shape index (κ3) is 3.88. The van der Waals surface area contributed by atoms with Crippen LogP contribution in [0.3, 0.4) is 0 Å². The summed E-state index contributed by atoms with van der Waals surface area (Å²) in [6.45, 7) is 2.24. The summed E-state index contributed by atoms with van der Waals surface area (Å²) < 4.78 is 1.43. The topological polar surface area (TPSA) is 0 Å². The van der Waals surface area contributed by atoms with Gasteiger partial charge in [0.2, 0.25) is 0 Å². The first-order valence-electron chi connectivity index (χ1n) is 5.01. The van der Waals surface area contributed by atoms with E-state index in [9.17, 15) is 0 Å². The van der Waals surface area contributed by atoms with E-state index in [1.165, 1.54) is 34.9 Å². The minimum absolute atomic E-state index is 0.500. The summed E-state index contributed by atoms with van der Waals surface area (Å²) in [4.78, 5) is 0. The van der Waals surface area contributed by atoms with E-state index in [0.29, 0.717) is 0 Å². The largest absolute Gasteiger partial charge is 0.538 e. The van der Waals surface area contributed by atoms with Crippen molar-refractivity contribution < 1.29 is 0 Å². The molecule has 0 unspecified atom stereocenters. The Balaban J connectivity index is 2.54. The average Bonchev–Trinajstić information content (AvgIpc) is 2.19. The summed E-state index contributed by atoms with van der Waals surface area (Å²) in [7, 11) is 5.98. The summed E-state index contributed by atoms with van der Waals surface area (Å²) in [5.74, 6) is 0. The van der Waals surface area contributed by atoms with Crippen molar-refractivity contribution in [1.82, 2.24) is 0 Å². The minimum Gasteiger partial charge on any atom is -0.336 e. The van der Waals surface area contributed by atoms with Gasteiger partial charge in [-0.05, 0) is 12.8 Å². The first kappa shape index (κ1) is 11.4. The zero-order valence-electron chi connectivity index (χ0n) is 8.22. The lowest BCUT2D eigenvalue weighted by Gasteiger charge is -2.06. The van der Waals surface area contributed by atoms with Gasteiger partial charge in [0.15, 0.2) is 0 Å². The number of rotatable bonds is 5. The molecule has 0 bridgehead atoms. The van der Waals surface area contributed by atoms with Gasteiger partial charge in [0.1, 0.15) is 0 Å². The number of hydrogen-bond donors (Lipinski definition) is 0. The summed E-state index contributed by atoms with van der Waals surface area (Å²) >= 11 is -0.500. The lowest BCUT2D eigenvalue weighted by Crippen LogP contribution is -2.14. The molecule has 0 aromatic heterocycles. The van der Waals surface area contributed by atoms with Gasteiger partial charge in [0.25, 0.3) is 0 Å². The van der Waals surface area contributed by atoms with Gasteiger partial charge in [-0.3, -0.25) is 0 Å². The molecule has 0 aliphatic rings. The van der Waals surface area contributed by atoms with Crippen LogP contribution in [0.5, 0.6) is 0 Å². The summed E-state index contributed by atoms with van der Waals surface area (Å²) in [6.07, 6.45) is 5.14. The molecule has 1 rings (SSSR count). The Morgan fingerprint density at radius 3 is 2.69 bits per heavy atom. The number of unbranched alkanes of at least 4 members (excludes halogenated alkanes) is 2. The van der Waals surface area contributed by atoms with Crippen LogP contribution in [-0.2, 0) is 6.42 Å². The lowest BCUT2D eigenvalue weighted by molar-refractivity contribution is 0.719. The Labute approximate surface area is 94.2 Å². The van der Waals surface area contributed by atoms with Crippen LogP contribution < -0.4 is 3.69 Å². The first-order chi connectivity index (χ1) is 6.38. The van der Waals surface area contributed by atoms with Crippen molar-refractivity contribution in [3.63, 3.8) is 0 Å². The normalized spacial score (nSPS) is 9.69. The second kappa shape index (κ2) is 6.69. The molecule has 0 aliphatic carbocycles. The first-order valence-corrected chi connectivity index (χ1v) is 7.85. The molecule has 0 nitrogen and oxygen atoms in total. The van der Waals surface area contributed by atoms with Crippen LogP contribution in [0.4, 0.5) is 0 Å². The van der Waals surface area contributed by atoms with Crippen LogP contribution in [0.2, 0.25) is 0 Å². The molecule has 13 heavy (non-hydrogen) atoms. The Kier molecular flexibility index (Phi) is 5.84. The summed E-state index contributed by atoms with van der Waals surface area (Å²) in [5, 5.41) is 0. The zero-order valence-corrected chi connectivity index (χ0v) is 10.4. The summed E-state index contributed by atoms with van der Waals surface area (Å²) in [5.41, 5.74) is 1.48. The molecule has 0 atom stereocenters. The van der Waals surface area contributed by atoms with Gasteiger partial charge in [-0.2, -0.15) is 0 Å². The van der Waals surface area contributed by atoms with E-state index in [-0.39, 0.29) is 0 Å². The highest BCUT2D eigenvalue weighted by atomic mass is 35.5. The molecule has 1 aromatic rings. The predicted molar refractivity (Wildman–Crippen MR) is 60.9 cm³/mol. The smallest absolute Gasteiger partial charge is 0.336 e. The van der Waals surface area contributed by atoms with Crippen molar-refractivity contribution in [3.05, 3.63) is 29.8 Å². The van der Waals surface area contributed by atoms with Crippen LogP contribution in [0.25, 0.3) is 0 Å². The Bertz CT molecular complexity index is 248. The van der Waals surface area contributed by atoms with Crippen molar-refractivity contribution in [2.24, 2.45) is 0 Å². The van der Waals surface area contributed by atoms with E-state index >= 15 is 0 Å². The van der Waals surface area contributed by atoms with E-state index < -0.39 is 19.3 Å². The number of hydrogen-bond acceptors (Lipinski definition) is 0. The molecule has 68 valence electrons. The average molecular weight is 207 g/mol. The van der Waals surface area contributed by atoms with Gasteiger partial charge in [-0.1, -0.05) is 49.6 Å². The number of aryl methyl sites for hydroxylation is 1. The third-order valence-corrected chi connectivity index (χ3v) is 4.15. The van der Waals surface area contributed by atoms with Crippen LogP contribution >= 0.6 is 9.07 Å². The highest BCUT2D eigenvalue weighted by Crippen LogP contribution is 2.04. The Hall–Kier alpha value is 0.276. The van der Waals surface area contributed by atoms with Crippen LogP contribution in [0.15, 0.2) is 24.3 Å². The van der Waals surface area contributed by atoms with Crippen LogP contribution in [0.1, 0.15) is 31.7 Å². The second-order valence-corrected chi connectivity index (χ2v) is 5.19. The molecule has 0 amide bonds.